The lowest BCUT2D eigenvalue weighted by Gasteiger charge is -2.33. The van der Waals surface area contributed by atoms with Crippen LogP contribution in [-0.2, 0) is 6.42 Å². The summed E-state index contributed by atoms with van der Waals surface area (Å²) in [5.74, 6) is -3.12. The van der Waals surface area contributed by atoms with Gasteiger partial charge in [-0.2, -0.15) is 18.4 Å². The van der Waals surface area contributed by atoms with Gasteiger partial charge in [-0.05, 0) is 36.6 Å². The Hall–Kier alpha value is -2.23. The Morgan fingerprint density at radius 1 is 1.48 bits per heavy atom. The second-order valence-electron chi connectivity index (χ2n) is 4.92. The Kier molecular flexibility index (Phi) is 4.07. The molecule has 21 heavy (non-hydrogen) atoms. The van der Waals surface area contributed by atoms with Crippen molar-refractivity contribution in [1.29, 1.82) is 5.26 Å². The zero-order chi connectivity index (χ0) is 15.6. The van der Waals surface area contributed by atoms with Crippen molar-refractivity contribution < 1.29 is 23.1 Å². The van der Waals surface area contributed by atoms with E-state index in [9.17, 15) is 18.0 Å². The lowest BCUT2D eigenvalue weighted by molar-refractivity contribution is -0.156. The lowest BCUT2D eigenvalue weighted by atomic mass is 9.98. The number of alkyl halides is 3. The average Bonchev–Trinajstić information content (AvgIpc) is 2.42. The van der Waals surface area contributed by atoms with Gasteiger partial charge < -0.3 is 10.0 Å². The van der Waals surface area contributed by atoms with E-state index in [4.69, 9.17) is 10.4 Å². The molecule has 2 rings (SSSR count). The van der Waals surface area contributed by atoms with Crippen LogP contribution < -0.4 is 4.90 Å². The number of halogens is 3. The van der Waals surface area contributed by atoms with Gasteiger partial charge in [-0.15, -0.1) is 0 Å². The standard InChI is InChI=1S/C14H13F3N2O2/c15-14(16,17)11(7-18)8-19-5-1-2-9-6-10(13(20)21)3-4-12(9)19/h3-4,6,11H,1-2,5,8H2,(H,20,21). The molecule has 0 saturated carbocycles. The summed E-state index contributed by atoms with van der Waals surface area (Å²) in [6, 6.07) is 5.66. The Balaban J connectivity index is 2.27. The van der Waals surface area contributed by atoms with E-state index in [1.165, 1.54) is 29.2 Å². The fourth-order valence-corrected chi connectivity index (χ4v) is 2.44. The summed E-state index contributed by atoms with van der Waals surface area (Å²) in [6.07, 6.45) is -3.31. The summed E-state index contributed by atoms with van der Waals surface area (Å²) in [4.78, 5) is 12.4. The number of anilines is 1. The lowest BCUT2D eigenvalue weighted by Crippen LogP contribution is -2.38. The zero-order valence-electron chi connectivity index (χ0n) is 11.0. The first kappa shape index (κ1) is 15.2. The van der Waals surface area contributed by atoms with E-state index in [2.05, 4.69) is 0 Å². The SMILES string of the molecule is N#CC(CN1CCCc2cc(C(=O)O)ccc21)C(F)(F)F. The van der Waals surface area contributed by atoms with Crippen LogP contribution in [0.4, 0.5) is 18.9 Å². The van der Waals surface area contributed by atoms with Crippen LogP contribution in [-0.4, -0.2) is 30.3 Å². The predicted octanol–water partition coefficient (Wildman–Crippen LogP) is 2.84. The van der Waals surface area contributed by atoms with Crippen LogP contribution in [0.5, 0.6) is 0 Å². The molecule has 7 heteroatoms. The van der Waals surface area contributed by atoms with Crippen LogP contribution in [0.15, 0.2) is 18.2 Å². The number of rotatable bonds is 3. The first-order chi connectivity index (χ1) is 9.82. The summed E-state index contributed by atoms with van der Waals surface area (Å²) in [7, 11) is 0. The molecule has 112 valence electrons. The number of aryl methyl sites for hydroxylation is 1. The van der Waals surface area contributed by atoms with Gasteiger partial charge in [-0.3, -0.25) is 0 Å². The van der Waals surface area contributed by atoms with E-state index in [0.717, 1.165) is 0 Å². The zero-order valence-corrected chi connectivity index (χ0v) is 11.0. The van der Waals surface area contributed by atoms with Crippen LogP contribution in [0, 0.1) is 17.2 Å². The van der Waals surface area contributed by atoms with Gasteiger partial charge in [0, 0.05) is 18.8 Å². The molecule has 1 aliphatic rings. The number of carboxylic acid groups (broad SMARTS) is 1. The van der Waals surface area contributed by atoms with E-state index >= 15 is 0 Å². The number of hydrogen-bond donors (Lipinski definition) is 1. The van der Waals surface area contributed by atoms with Gasteiger partial charge in [0.2, 0.25) is 0 Å². The highest BCUT2D eigenvalue weighted by molar-refractivity contribution is 5.88. The number of nitriles is 1. The molecule has 0 radical (unpaired) electrons. The molecule has 1 N–H and O–H groups in total. The summed E-state index contributed by atoms with van der Waals surface area (Å²) >= 11 is 0. The van der Waals surface area contributed by atoms with Gasteiger partial charge in [-0.25, -0.2) is 4.79 Å². The predicted molar refractivity (Wildman–Crippen MR) is 69.1 cm³/mol. The van der Waals surface area contributed by atoms with Crippen LogP contribution in [0.1, 0.15) is 22.3 Å². The van der Waals surface area contributed by atoms with Crippen molar-refractivity contribution in [1.82, 2.24) is 0 Å². The molecule has 1 unspecified atom stereocenters. The van der Waals surface area contributed by atoms with E-state index in [0.29, 0.717) is 30.6 Å². The summed E-state index contributed by atoms with van der Waals surface area (Å²) in [5.41, 5.74) is 1.40. The minimum Gasteiger partial charge on any atom is -0.478 e. The van der Waals surface area contributed by atoms with Gasteiger partial charge in [0.25, 0.3) is 0 Å². The molecular weight excluding hydrogens is 285 g/mol. The van der Waals surface area contributed by atoms with E-state index < -0.39 is 24.6 Å². The largest absolute Gasteiger partial charge is 0.478 e. The van der Waals surface area contributed by atoms with Crippen molar-refractivity contribution in [3.8, 4) is 6.07 Å². The Bertz CT molecular complexity index is 593. The van der Waals surface area contributed by atoms with Crippen LogP contribution in [0.25, 0.3) is 0 Å². The maximum Gasteiger partial charge on any atom is 0.406 e. The normalized spacial score (nSPS) is 16.0. The molecule has 0 spiro atoms. The molecule has 1 aromatic rings. The maximum absolute atomic E-state index is 12.7. The second kappa shape index (κ2) is 5.64. The molecule has 1 aliphatic heterocycles. The molecule has 4 nitrogen and oxygen atoms in total. The number of benzene rings is 1. The Morgan fingerprint density at radius 3 is 2.76 bits per heavy atom. The third kappa shape index (κ3) is 3.27. The van der Waals surface area contributed by atoms with Crippen molar-refractivity contribution in [3.63, 3.8) is 0 Å². The molecule has 0 bridgehead atoms. The Labute approximate surface area is 119 Å². The summed E-state index contributed by atoms with van der Waals surface area (Å²) in [5, 5.41) is 17.6. The number of aromatic carboxylic acids is 1. The van der Waals surface area contributed by atoms with Gasteiger partial charge in [0.1, 0.15) is 0 Å². The number of carboxylic acids is 1. The smallest absolute Gasteiger partial charge is 0.406 e. The molecule has 1 atom stereocenters. The first-order valence-corrected chi connectivity index (χ1v) is 6.40. The minimum absolute atomic E-state index is 0.114. The topological polar surface area (TPSA) is 64.3 Å². The quantitative estimate of drug-likeness (QED) is 0.932. The molecule has 0 saturated heterocycles. The fraction of sp³-hybridized carbons (Fsp3) is 0.429. The van der Waals surface area contributed by atoms with Crippen LogP contribution in [0.2, 0.25) is 0 Å². The van der Waals surface area contributed by atoms with Gasteiger partial charge >= 0.3 is 12.1 Å². The van der Waals surface area contributed by atoms with E-state index in [-0.39, 0.29) is 5.56 Å². The number of nitrogens with zero attached hydrogens (tertiary/aromatic N) is 2. The van der Waals surface area contributed by atoms with E-state index in [1.807, 2.05) is 0 Å². The second-order valence-corrected chi connectivity index (χ2v) is 4.92. The summed E-state index contributed by atoms with van der Waals surface area (Å²) < 4.78 is 38.1. The van der Waals surface area contributed by atoms with Crippen molar-refractivity contribution in [2.45, 2.75) is 19.0 Å². The minimum atomic E-state index is -4.56. The van der Waals surface area contributed by atoms with Crippen molar-refractivity contribution >= 4 is 11.7 Å². The molecule has 0 aliphatic carbocycles. The van der Waals surface area contributed by atoms with Crippen molar-refractivity contribution in [3.05, 3.63) is 29.3 Å². The highest BCUT2D eigenvalue weighted by Crippen LogP contribution is 2.32. The van der Waals surface area contributed by atoms with Crippen molar-refractivity contribution in [2.24, 2.45) is 5.92 Å². The molecule has 0 fully saturated rings. The van der Waals surface area contributed by atoms with Gasteiger partial charge in [-0.1, -0.05) is 0 Å². The average molecular weight is 298 g/mol. The molecule has 1 aromatic carbocycles. The number of fused-ring (bicyclic) bond motifs is 1. The highest BCUT2D eigenvalue weighted by atomic mass is 19.4. The molecular formula is C14H13F3N2O2. The van der Waals surface area contributed by atoms with Crippen LogP contribution in [0.3, 0.4) is 0 Å². The van der Waals surface area contributed by atoms with Crippen LogP contribution >= 0.6 is 0 Å². The fourth-order valence-electron chi connectivity index (χ4n) is 2.44. The Morgan fingerprint density at radius 2 is 2.19 bits per heavy atom. The van der Waals surface area contributed by atoms with E-state index in [1.54, 1.807) is 0 Å². The number of carbonyl (C=O) groups is 1. The third-order valence-electron chi connectivity index (χ3n) is 3.50. The first-order valence-electron chi connectivity index (χ1n) is 6.40. The van der Waals surface area contributed by atoms with Gasteiger partial charge in [0.05, 0.1) is 11.6 Å². The summed E-state index contributed by atoms with van der Waals surface area (Å²) in [6.45, 7) is -0.00685. The monoisotopic (exact) mass is 298 g/mol. The molecule has 0 amide bonds. The molecule has 0 aromatic heterocycles. The number of hydrogen-bond acceptors (Lipinski definition) is 3. The highest BCUT2D eigenvalue weighted by Gasteiger charge is 2.41. The van der Waals surface area contributed by atoms with Crippen molar-refractivity contribution in [2.75, 3.05) is 18.0 Å². The molecule has 1 heterocycles. The maximum atomic E-state index is 12.7. The third-order valence-corrected chi connectivity index (χ3v) is 3.50. The van der Waals surface area contributed by atoms with Gasteiger partial charge in [0.15, 0.2) is 5.92 Å².